The molecule has 0 aromatic carbocycles. The molecular weight excluding hydrogens is 238 g/mol. The minimum absolute atomic E-state index is 0.345. The summed E-state index contributed by atoms with van der Waals surface area (Å²) in [7, 11) is 0. The van der Waals surface area contributed by atoms with Crippen molar-refractivity contribution in [2.45, 2.75) is 65.9 Å². The van der Waals surface area contributed by atoms with E-state index >= 15 is 0 Å². The smallest absolute Gasteiger partial charge is 0.0591 e. The Morgan fingerprint density at radius 3 is 2.42 bits per heavy atom. The van der Waals surface area contributed by atoms with E-state index in [4.69, 9.17) is 9.47 Å². The van der Waals surface area contributed by atoms with Gasteiger partial charge in [0.15, 0.2) is 0 Å². The number of nitrogens with one attached hydrogen (secondary N) is 1. The number of rotatable bonds is 14. The molecule has 1 unspecified atom stereocenters. The van der Waals surface area contributed by atoms with Crippen LogP contribution in [-0.4, -0.2) is 39.0 Å². The van der Waals surface area contributed by atoms with E-state index in [1.807, 2.05) is 0 Å². The quantitative estimate of drug-likeness (QED) is 0.490. The second-order valence-corrected chi connectivity index (χ2v) is 5.51. The fourth-order valence-corrected chi connectivity index (χ4v) is 1.93. The molecule has 0 aromatic rings. The highest BCUT2D eigenvalue weighted by Gasteiger charge is 2.05. The largest absolute Gasteiger partial charge is 0.380 e. The third-order valence-corrected chi connectivity index (χ3v) is 3.27. The zero-order valence-electron chi connectivity index (χ0n) is 13.5. The van der Waals surface area contributed by atoms with Crippen LogP contribution in [0, 0.1) is 5.92 Å². The Balaban J connectivity index is 3.20. The van der Waals surface area contributed by atoms with Gasteiger partial charge in [-0.1, -0.05) is 33.1 Å². The van der Waals surface area contributed by atoms with Crippen LogP contribution in [0.4, 0.5) is 0 Å². The van der Waals surface area contributed by atoms with E-state index in [0.29, 0.717) is 6.10 Å². The van der Waals surface area contributed by atoms with Crippen molar-refractivity contribution >= 4 is 0 Å². The molecular formula is C16H35NO2. The van der Waals surface area contributed by atoms with E-state index in [1.165, 1.54) is 25.7 Å². The Morgan fingerprint density at radius 1 is 1.00 bits per heavy atom. The van der Waals surface area contributed by atoms with Gasteiger partial charge in [0.25, 0.3) is 0 Å². The maximum Gasteiger partial charge on any atom is 0.0591 e. The Labute approximate surface area is 120 Å². The first-order chi connectivity index (χ1) is 9.20. The summed E-state index contributed by atoms with van der Waals surface area (Å²) in [5.74, 6) is 0.749. The van der Waals surface area contributed by atoms with Gasteiger partial charge in [-0.3, -0.25) is 0 Å². The lowest BCUT2D eigenvalue weighted by Crippen LogP contribution is -2.23. The molecule has 0 radical (unpaired) electrons. The van der Waals surface area contributed by atoms with Crippen LogP contribution in [0.1, 0.15) is 59.8 Å². The van der Waals surface area contributed by atoms with E-state index in [0.717, 1.165) is 45.2 Å². The van der Waals surface area contributed by atoms with E-state index in [2.05, 4.69) is 33.0 Å². The lowest BCUT2D eigenvalue weighted by Gasteiger charge is -2.14. The first kappa shape index (κ1) is 18.9. The van der Waals surface area contributed by atoms with Gasteiger partial charge in [-0.25, -0.2) is 0 Å². The Kier molecular flexibility index (Phi) is 14.2. The number of hydrogen-bond donors (Lipinski definition) is 1. The molecule has 0 aliphatic heterocycles. The van der Waals surface area contributed by atoms with Crippen LogP contribution < -0.4 is 5.32 Å². The van der Waals surface area contributed by atoms with Crippen molar-refractivity contribution in [1.82, 2.24) is 5.32 Å². The molecule has 0 spiro atoms. The summed E-state index contributed by atoms with van der Waals surface area (Å²) in [5, 5.41) is 3.39. The monoisotopic (exact) mass is 273 g/mol. The molecule has 3 heteroatoms. The summed E-state index contributed by atoms with van der Waals surface area (Å²) < 4.78 is 11.2. The molecule has 0 fully saturated rings. The second kappa shape index (κ2) is 14.3. The first-order valence-electron chi connectivity index (χ1n) is 8.10. The normalized spacial score (nSPS) is 13.1. The van der Waals surface area contributed by atoms with Gasteiger partial charge in [-0.05, 0) is 39.2 Å². The number of hydrogen-bond acceptors (Lipinski definition) is 3. The van der Waals surface area contributed by atoms with Gasteiger partial charge in [0, 0.05) is 19.8 Å². The van der Waals surface area contributed by atoms with Crippen LogP contribution >= 0.6 is 0 Å². The van der Waals surface area contributed by atoms with Gasteiger partial charge in [0.05, 0.1) is 12.7 Å². The van der Waals surface area contributed by atoms with Crippen molar-refractivity contribution in [1.29, 1.82) is 0 Å². The number of ether oxygens (including phenoxy) is 2. The molecule has 1 atom stereocenters. The van der Waals surface area contributed by atoms with Crippen LogP contribution in [-0.2, 0) is 9.47 Å². The Hall–Kier alpha value is -0.120. The van der Waals surface area contributed by atoms with Gasteiger partial charge >= 0.3 is 0 Å². The predicted molar refractivity (Wildman–Crippen MR) is 82.7 cm³/mol. The molecule has 0 saturated carbocycles. The first-order valence-corrected chi connectivity index (χ1v) is 8.10. The van der Waals surface area contributed by atoms with Crippen molar-refractivity contribution in [3.05, 3.63) is 0 Å². The molecule has 0 saturated heterocycles. The zero-order valence-corrected chi connectivity index (χ0v) is 13.5. The fourth-order valence-electron chi connectivity index (χ4n) is 1.93. The molecule has 0 amide bonds. The summed E-state index contributed by atoms with van der Waals surface area (Å²) >= 11 is 0. The lowest BCUT2D eigenvalue weighted by atomic mass is 10.0. The average molecular weight is 273 g/mol. The summed E-state index contributed by atoms with van der Waals surface area (Å²) in [4.78, 5) is 0. The summed E-state index contributed by atoms with van der Waals surface area (Å²) in [6.45, 7) is 13.2. The molecule has 0 aromatic heterocycles. The third-order valence-electron chi connectivity index (χ3n) is 3.27. The molecule has 0 heterocycles. The van der Waals surface area contributed by atoms with Crippen LogP contribution in [0.15, 0.2) is 0 Å². The number of unbranched alkanes of at least 4 members (excludes halogenated alkanes) is 1. The average Bonchev–Trinajstić information content (AvgIpc) is 2.40. The molecule has 1 N–H and O–H groups in total. The van der Waals surface area contributed by atoms with Gasteiger partial charge in [0.1, 0.15) is 0 Å². The van der Waals surface area contributed by atoms with E-state index in [9.17, 15) is 0 Å². The van der Waals surface area contributed by atoms with Crippen LogP contribution in [0.2, 0.25) is 0 Å². The van der Waals surface area contributed by atoms with Crippen LogP contribution in [0.5, 0.6) is 0 Å². The highest BCUT2D eigenvalue weighted by molar-refractivity contribution is 4.56. The standard InChI is InChI=1S/C16H35NO2/c1-5-7-9-16(6-2)14-18-13-11-17-10-8-12-19-15(3)4/h15-17H,5-14H2,1-4H3. The molecule has 3 nitrogen and oxygen atoms in total. The van der Waals surface area contributed by atoms with Gasteiger partial charge < -0.3 is 14.8 Å². The van der Waals surface area contributed by atoms with Crippen molar-refractivity contribution < 1.29 is 9.47 Å². The van der Waals surface area contributed by atoms with Crippen molar-refractivity contribution in [2.24, 2.45) is 5.92 Å². The summed E-state index contributed by atoms with van der Waals surface area (Å²) in [5.41, 5.74) is 0. The lowest BCUT2D eigenvalue weighted by molar-refractivity contribution is 0.0752. The van der Waals surface area contributed by atoms with Gasteiger partial charge in [-0.15, -0.1) is 0 Å². The molecule has 0 aliphatic rings. The minimum Gasteiger partial charge on any atom is -0.380 e. The zero-order chi connectivity index (χ0) is 14.3. The fraction of sp³-hybridized carbons (Fsp3) is 1.00. The van der Waals surface area contributed by atoms with Gasteiger partial charge in [0.2, 0.25) is 0 Å². The van der Waals surface area contributed by atoms with Gasteiger partial charge in [-0.2, -0.15) is 0 Å². The highest BCUT2D eigenvalue weighted by atomic mass is 16.5. The predicted octanol–water partition coefficient (Wildman–Crippen LogP) is 3.62. The SMILES string of the molecule is CCCCC(CC)COCCNCCCOC(C)C. The third kappa shape index (κ3) is 14.1. The molecule has 0 bridgehead atoms. The molecule has 0 rings (SSSR count). The Morgan fingerprint density at radius 2 is 1.79 bits per heavy atom. The molecule has 0 aliphatic carbocycles. The minimum atomic E-state index is 0.345. The van der Waals surface area contributed by atoms with E-state index < -0.39 is 0 Å². The van der Waals surface area contributed by atoms with E-state index in [-0.39, 0.29) is 0 Å². The van der Waals surface area contributed by atoms with Crippen molar-refractivity contribution in [3.8, 4) is 0 Å². The molecule has 19 heavy (non-hydrogen) atoms. The Bertz CT molecular complexity index is 174. The highest BCUT2D eigenvalue weighted by Crippen LogP contribution is 2.12. The summed E-state index contributed by atoms with van der Waals surface area (Å²) in [6, 6.07) is 0. The topological polar surface area (TPSA) is 30.5 Å². The second-order valence-electron chi connectivity index (χ2n) is 5.51. The maximum absolute atomic E-state index is 5.73. The van der Waals surface area contributed by atoms with Crippen LogP contribution in [0.25, 0.3) is 0 Å². The van der Waals surface area contributed by atoms with E-state index in [1.54, 1.807) is 0 Å². The summed E-state index contributed by atoms with van der Waals surface area (Å²) in [6.07, 6.45) is 6.59. The van der Waals surface area contributed by atoms with Crippen LogP contribution in [0.3, 0.4) is 0 Å². The maximum atomic E-state index is 5.73. The van der Waals surface area contributed by atoms with Crippen molar-refractivity contribution in [2.75, 3.05) is 32.9 Å². The molecule has 116 valence electrons. The van der Waals surface area contributed by atoms with Crippen molar-refractivity contribution in [3.63, 3.8) is 0 Å².